The number of rotatable bonds is 8. The van der Waals surface area contributed by atoms with Crippen molar-refractivity contribution in [2.24, 2.45) is 7.05 Å². The molecule has 1 atom stereocenters. The normalized spacial score (nSPS) is 15.0. The minimum Gasteiger partial charge on any atom is -0.336 e. The van der Waals surface area contributed by atoms with E-state index in [4.69, 9.17) is 0 Å². The molecule has 0 aliphatic heterocycles. The van der Waals surface area contributed by atoms with Gasteiger partial charge in [0.2, 0.25) is 0 Å². The number of amides is 2. The van der Waals surface area contributed by atoms with Crippen LogP contribution < -0.4 is 5.32 Å². The number of hydrogen-bond donors (Lipinski definition) is 1. The van der Waals surface area contributed by atoms with Gasteiger partial charge in [0.15, 0.2) is 5.82 Å². The van der Waals surface area contributed by atoms with Gasteiger partial charge in [-0.1, -0.05) is 30.3 Å². The maximum absolute atomic E-state index is 12.5. The quantitative estimate of drug-likeness (QED) is 0.772. The third kappa shape index (κ3) is 5.07. The Hall–Kier alpha value is -2.41. The van der Waals surface area contributed by atoms with Crippen LogP contribution in [0, 0.1) is 0 Å². The van der Waals surface area contributed by atoms with Gasteiger partial charge >= 0.3 is 6.03 Å². The summed E-state index contributed by atoms with van der Waals surface area (Å²) in [7, 11) is 7.87. The summed E-state index contributed by atoms with van der Waals surface area (Å²) in [5.41, 5.74) is 1.27. The summed E-state index contributed by atoms with van der Waals surface area (Å²) in [6.07, 6.45) is 3.27. The van der Waals surface area contributed by atoms with Gasteiger partial charge in [-0.15, -0.1) is 10.2 Å². The molecule has 2 aromatic rings. The van der Waals surface area contributed by atoms with E-state index in [-0.39, 0.29) is 12.1 Å². The predicted molar refractivity (Wildman–Crippen MR) is 105 cm³/mol. The van der Waals surface area contributed by atoms with Crippen molar-refractivity contribution in [3.05, 3.63) is 47.5 Å². The van der Waals surface area contributed by atoms with E-state index >= 15 is 0 Å². The SMILES string of the molecule is CN(Cc1nnc(C2CC2)n1C)C(=O)NC[C@@H](Cc1ccccc1)N(C)C. The fraction of sp³-hybridized carbons (Fsp3) is 0.550. The zero-order valence-electron chi connectivity index (χ0n) is 16.7. The highest BCUT2D eigenvalue weighted by Gasteiger charge is 2.29. The second kappa shape index (κ2) is 8.52. The molecule has 0 radical (unpaired) electrons. The second-order valence-corrected chi connectivity index (χ2v) is 7.66. The van der Waals surface area contributed by atoms with Crippen molar-refractivity contribution in [3.8, 4) is 0 Å². The summed E-state index contributed by atoms with van der Waals surface area (Å²) < 4.78 is 2.03. The minimum absolute atomic E-state index is 0.0918. The first-order valence-electron chi connectivity index (χ1n) is 9.53. The van der Waals surface area contributed by atoms with Crippen LogP contribution in [0.4, 0.5) is 4.79 Å². The Bertz CT molecular complexity index is 753. The summed E-state index contributed by atoms with van der Waals surface area (Å²) in [6.45, 7) is 1.05. The summed E-state index contributed by atoms with van der Waals surface area (Å²) >= 11 is 0. The van der Waals surface area contributed by atoms with Gasteiger partial charge in [0.05, 0.1) is 6.54 Å². The smallest absolute Gasteiger partial charge is 0.317 e. The average molecular weight is 371 g/mol. The van der Waals surface area contributed by atoms with E-state index < -0.39 is 0 Å². The molecule has 1 aliphatic rings. The van der Waals surface area contributed by atoms with Crippen LogP contribution in [0.3, 0.4) is 0 Å². The molecule has 1 heterocycles. The third-order valence-corrected chi connectivity index (χ3v) is 5.20. The molecule has 146 valence electrons. The van der Waals surface area contributed by atoms with E-state index in [1.807, 2.05) is 43.9 Å². The molecule has 1 N–H and O–H groups in total. The van der Waals surface area contributed by atoms with Gasteiger partial charge in [-0.3, -0.25) is 0 Å². The molecule has 2 amide bonds. The number of carbonyl (C=O) groups is 1. The van der Waals surface area contributed by atoms with Crippen LogP contribution in [-0.2, 0) is 20.0 Å². The Morgan fingerprint density at radius 3 is 2.56 bits per heavy atom. The van der Waals surface area contributed by atoms with Gasteiger partial charge in [-0.25, -0.2) is 4.79 Å². The predicted octanol–water partition coefficient (Wildman–Crippen LogP) is 2.01. The molecule has 7 nitrogen and oxygen atoms in total. The van der Waals surface area contributed by atoms with Gasteiger partial charge in [-0.2, -0.15) is 0 Å². The van der Waals surface area contributed by atoms with Crippen molar-refractivity contribution in [3.63, 3.8) is 0 Å². The van der Waals surface area contributed by atoms with Crippen LogP contribution in [0.15, 0.2) is 30.3 Å². The topological polar surface area (TPSA) is 66.3 Å². The molecule has 27 heavy (non-hydrogen) atoms. The number of hydrogen-bond acceptors (Lipinski definition) is 4. The first kappa shape index (κ1) is 19.4. The Morgan fingerprint density at radius 1 is 1.22 bits per heavy atom. The van der Waals surface area contributed by atoms with Crippen LogP contribution in [0.25, 0.3) is 0 Å². The molecule has 1 fully saturated rings. The number of nitrogens with one attached hydrogen (secondary N) is 1. The molecular weight excluding hydrogens is 340 g/mol. The first-order valence-corrected chi connectivity index (χ1v) is 9.53. The highest BCUT2D eigenvalue weighted by molar-refractivity contribution is 5.73. The van der Waals surface area contributed by atoms with Crippen LogP contribution in [0.1, 0.15) is 36.0 Å². The van der Waals surface area contributed by atoms with Crippen LogP contribution >= 0.6 is 0 Å². The summed E-state index contributed by atoms with van der Waals surface area (Å²) in [5.74, 6) is 2.41. The Kier molecular flexibility index (Phi) is 6.11. The summed E-state index contributed by atoms with van der Waals surface area (Å²) in [4.78, 5) is 16.3. The van der Waals surface area contributed by atoms with Crippen molar-refractivity contribution >= 4 is 6.03 Å². The lowest BCUT2D eigenvalue weighted by molar-refractivity contribution is 0.199. The van der Waals surface area contributed by atoms with Crippen molar-refractivity contribution in [1.82, 2.24) is 29.9 Å². The highest BCUT2D eigenvalue weighted by atomic mass is 16.2. The molecule has 1 aromatic heterocycles. The number of nitrogens with zero attached hydrogens (tertiary/aromatic N) is 5. The van der Waals surface area contributed by atoms with Gasteiger partial charge in [0.25, 0.3) is 0 Å². The molecule has 0 unspecified atom stereocenters. The fourth-order valence-corrected chi connectivity index (χ4v) is 3.16. The van der Waals surface area contributed by atoms with Crippen molar-refractivity contribution in [1.29, 1.82) is 0 Å². The zero-order chi connectivity index (χ0) is 19.4. The molecule has 1 aromatic carbocycles. The van der Waals surface area contributed by atoms with Crippen molar-refractivity contribution < 1.29 is 4.79 Å². The second-order valence-electron chi connectivity index (χ2n) is 7.66. The third-order valence-electron chi connectivity index (χ3n) is 5.20. The van der Waals surface area contributed by atoms with E-state index in [1.54, 1.807) is 11.9 Å². The lowest BCUT2D eigenvalue weighted by Gasteiger charge is -2.26. The molecule has 0 saturated heterocycles. The van der Waals surface area contributed by atoms with Crippen LogP contribution in [0.5, 0.6) is 0 Å². The van der Waals surface area contributed by atoms with E-state index in [2.05, 4.69) is 32.5 Å². The number of aromatic nitrogens is 3. The van der Waals surface area contributed by atoms with Gasteiger partial charge in [-0.05, 0) is 38.9 Å². The molecule has 0 bridgehead atoms. The standard InChI is InChI=1S/C20H30N6O/c1-24(2)17(12-15-8-6-5-7-9-15)13-21-20(27)25(3)14-18-22-23-19(26(18)4)16-10-11-16/h5-9,16-17H,10-14H2,1-4H3,(H,21,27)/t17-/m1/s1. The van der Waals surface area contributed by atoms with Crippen molar-refractivity contribution in [2.45, 2.75) is 37.8 Å². The fourth-order valence-electron chi connectivity index (χ4n) is 3.16. The summed E-state index contributed by atoms with van der Waals surface area (Å²) in [5, 5.41) is 11.6. The van der Waals surface area contributed by atoms with Crippen LogP contribution in [0.2, 0.25) is 0 Å². The molecule has 1 saturated carbocycles. The maximum atomic E-state index is 12.5. The number of urea groups is 1. The van der Waals surface area contributed by atoms with Crippen molar-refractivity contribution in [2.75, 3.05) is 27.7 Å². The molecule has 3 rings (SSSR count). The average Bonchev–Trinajstić information content (AvgIpc) is 3.43. The van der Waals surface area contributed by atoms with Gasteiger partial charge in [0, 0.05) is 32.6 Å². The molecule has 7 heteroatoms. The molecule has 1 aliphatic carbocycles. The van der Waals surface area contributed by atoms with Gasteiger partial charge < -0.3 is 19.7 Å². The van der Waals surface area contributed by atoms with E-state index in [0.717, 1.165) is 18.1 Å². The maximum Gasteiger partial charge on any atom is 0.317 e. The number of likely N-dealkylation sites (N-methyl/N-ethyl adjacent to an activating group) is 1. The highest BCUT2D eigenvalue weighted by Crippen LogP contribution is 2.38. The van der Waals surface area contributed by atoms with Gasteiger partial charge in [0.1, 0.15) is 5.82 Å². The number of carbonyl (C=O) groups excluding carboxylic acids is 1. The van der Waals surface area contributed by atoms with E-state index in [9.17, 15) is 4.79 Å². The number of benzene rings is 1. The molecule has 0 spiro atoms. The zero-order valence-corrected chi connectivity index (χ0v) is 16.7. The minimum atomic E-state index is -0.0918. The lowest BCUT2D eigenvalue weighted by Crippen LogP contribution is -2.45. The Labute approximate surface area is 161 Å². The largest absolute Gasteiger partial charge is 0.336 e. The van der Waals surface area contributed by atoms with E-state index in [1.165, 1.54) is 18.4 Å². The Morgan fingerprint density at radius 2 is 1.93 bits per heavy atom. The van der Waals surface area contributed by atoms with Crippen LogP contribution in [-0.4, -0.2) is 64.3 Å². The summed E-state index contributed by atoms with van der Waals surface area (Å²) in [6, 6.07) is 10.5. The monoisotopic (exact) mass is 370 g/mol. The Balaban J connectivity index is 1.52. The molecular formula is C20H30N6O. The lowest BCUT2D eigenvalue weighted by atomic mass is 10.1. The van der Waals surface area contributed by atoms with E-state index in [0.29, 0.717) is 19.0 Å². The first-order chi connectivity index (χ1) is 13.0.